The van der Waals surface area contributed by atoms with Gasteiger partial charge in [-0.1, -0.05) is 6.07 Å². The van der Waals surface area contributed by atoms with Gasteiger partial charge in [0.05, 0.1) is 26.5 Å². The molecule has 1 aromatic carbocycles. The number of thiophene rings is 1. The van der Waals surface area contributed by atoms with Crippen LogP contribution < -0.4 is 20.1 Å². The van der Waals surface area contributed by atoms with E-state index in [1.807, 2.05) is 36.6 Å². The van der Waals surface area contributed by atoms with Crippen molar-refractivity contribution in [1.82, 2.24) is 5.32 Å². The quantitative estimate of drug-likeness (QED) is 0.823. The molecular weight excluding hydrogens is 300 g/mol. The van der Waals surface area contributed by atoms with Gasteiger partial charge in [-0.15, -0.1) is 11.3 Å². The molecule has 0 spiro atoms. The SMILES string of the molecule is COc1ccc(NC(C)C(=O)NCc2cccs2)c(OC)c1. The van der Waals surface area contributed by atoms with Crippen LogP contribution in [0.1, 0.15) is 11.8 Å². The van der Waals surface area contributed by atoms with Gasteiger partial charge >= 0.3 is 0 Å². The van der Waals surface area contributed by atoms with E-state index in [4.69, 9.17) is 9.47 Å². The second-order valence-electron chi connectivity index (χ2n) is 4.73. The average Bonchev–Trinajstić information content (AvgIpc) is 3.06. The van der Waals surface area contributed by atoms with Crippen molar-refractivity contribution < 1.29 is 14.3 Å². The van der Waals surface area contributed by atoms with Gasteiger partial charge in [0.15, 0.2) is 0 Å². The van der Waals surface area contributed by atoms with Gasteiger partial charge < -0.3 is 20.1 Å². The number of nitrogens with one attached hydrogen (secondary N) is 2. The van der Waals surface area contributed by atoms with Gasteiger partial charge in [0.25, 0.3) is 0 Å². The molecule has 0 radical (unpaired) electrons. The van der Waals surface area contributed by atoms with Crippen LogP contribution in [0.2, 0.25) is 0 Å². The normalized spacial score (nSPS) is 11.6. The van der Waals surface area contributed by atoms with Crippen LogP contribution in [0.3, 0.4) is 0 Å². The highest BCUT2D eigenvalue weighted by Crippen LogP contribution is 2.29. The Morgan fingerprint density at radius 2 is 2.09 bits per heavy atom. The highest BCUT2D eigenvalue weighted by Gasteiger charge is 2.15. The monoisotopic (exact) mass is 320 g/mol. The maximum Gasteiger partial charge on any atom is 0.242 e. The van der Waals surface area contributed by atoms with Crippen LogP contribution in [0.4, 0.5) is 5.69 Å². The fraction of sp³-hybridized carbons (Fsp3) is 0.312. The highest BCUT2D eigenvalue weighted by atomic mass is 32.1. The number of methoxy groups -OCH3 is 2. The van der Waals surface area contributed by atoms with Gasteiger partial charge in [-0.05, 0) is 30.5 Å². The molecule has 118 valence electrons. The molecule has 0 saturated heterocycles. The molecule has 2 aromatic rings. The molecule has 6 heteroatoms. The summed E-state index contributed by atoms with van der Waals surface area (Å²) in [5.41, 5.74) is 0.752. The molecule has 2 N–H and O–H groups in total. The molecular formula is C16H20N2O3S. The number of ether oxygens (including phenoxy) is 2. The van der Waals surface area contributed by atoms with Crippen LogP contribution in [-0.4, -0.2) is 26.2 Å². The van der Waals surface area contributed by atoms with Crippen LogP contribution in [0.15, 0.2) is 35.7 Å². The Morgan fingerprint density at radius 3 is 2.73 bits per heavy atom. The van der Waals surface area contributed by atoms with Gasteiger partial charge in [-0.2, -0.15) is 0 Å². The minimum absolute atomic E-state index is 0.0636. The zero-order valence-corrected chi connectivity index (χ0v) is 13.7. The first kappa shape index (κ1) is 16.2. The summed E-state index contributed by atoms with van der Waals surface area (Å²) in [6, 6.07) is 9.02. The first-order valence-electron chi connectivity index (χ1n) is 6.92. The lowest BCUT2D eigenvalue weighted by atomic mass is 10.2. The summed E-state index contributed by atoms with van der Waals surface area (Å²) in [6.07, 6.45) is 0. The topological polar surface area (TPSA) is 59.6 Å². The van der Waals surface area contributed by atoms with Crippen molar-refractivity contribution in [2.45, 2.75) is 19.5 Å². The van der Waals surface area contributed by atoms with Crippen molar-refractivity contribution in [3.63, 3.8) is 0 Å². The first-order chi connectivity index (χ1) is 10.6. The summed E-state index contributed by atoms with van der Waals surface area (Å²) in [5.74, 6) is 1.28. The number of anilines is 1. The van der Waals surface area contributed by atoms with Crippen LogP contribution in [-0.2, 0) is 11.3 Å². The molecule has 1 atom stereocenters. The highest BCUT2D eigenvalue weighted by molar-refractivity contribution is 7.09. The second-order valence-corrected chi connectivity index (χ2v) is 5.76. The predicted molar refractivity (Wildman–Crippen MR) is 88.8 cm³/mol. The van der Waals surface area contributed by atoms with Crippen molar-refractivity contribution in [1.29, 1.82) is 0 Å². The van der Waals surface area contributed by atoms with Gasteiger partial charge in [0.2, 0.25) is 5.91 Å². The number of rotatable bonds is 7. The van der Waals surface area contributed by atoms with Crippen molar-refractivity contribution in [3.05, 3.63) is 40.6 Å². The first-order valence-corrected chi connectivity index (χ1v) is 7.80. The summed E-state index contributed by atoms with van der Waals surface area (Å²) in [6.45, 7) is 2.36. The van der Waals surface area contributed by atoms with E-state index in [0.29, 0.717) is 18.0 Å². The lowest BCUT2D eigenvalue weighted by Gasteiger charge is -2.17. The minimum Gasteiger partial charge on any atom is -0.497 e. The molecule has 0 saturated carbocycles. The van der Waals surface area contributed by atoms with Gasteiger partial charge in [-0.3, -0.25) is 4.79 Å². The Balaban J connectivity index is 1.95. The van der Waals surface area contributed by atoms with Crippen LogP contribution in [0, 0.1) is 0 Å². The third-order valence-corrected chi connectivity index (χ3v) is 4.07. The minimum atomic E-state index is -0.373. The van der Waals surface area contributed by atoms with Crippen molar-refractivity contribution in [3.8, 4) is 11.5 Å². The summed E-state index contributed by atoms with van der Waals surface area (Å²) in [5, 5.41) is 8.05. The standard InChI is InChI=1S/C16H20N2O3S/c1-11(16(19)17-10-13-5-4-8-22-13)18-14-7-6-12(20-2)9-15(14)21-3/h4-9,11,18H,10H2,1-3H3,(H,17,19). The molecule has 0 aliphatic rings. The lowest BCUT2D eigenvalue weighted by Crippen LogP contribution is -2.37. The van der Waals surface area contributed by atoms with Gasteiger partial charge in [0.1, 0.15) is 17.5 Å². The maximum atomic E-state index is 12.1. The predicted octanol–water partition coefficient (Wildman–Crippen LogP) is 2.88. The molecule has 0 aliphatic carbocycles. The van der Waals surface area contributed by atoms with Crippen LogP contribution >= 0.6 is 11.3 Å². The Hall–Kier alpha value is -2.21. The van der Waals surface area contributed by atoms with E-state index >= 15 is 0 Å². The molecule has 22 heavy (non-hydrogen) atoms. The maximum absolute atomic E-state index is 12.1. The number of amides is 1. The molecule has 0 fully saturated rings. The van der Waals surface area contributed by atoms with E-state index in [1.165, 1.54) is 0 Å². The summed E-state index contributed by atoms with van der Waals surface area (Å²) in [4.78, 5) is 13.3. The van der Waals surface area contributed by atoms with Crippen LogP contribution in [0.25, 0.3) is 0 Å². The van der Waals surface area contributed by atoms with E-state index in [2.05, 4.69) is 10.6 Å². The number of hydrogen-bond donors (Lipinski definition) is 2. The van der Waals surface area contributed by atoms with E-state index < -0.39 is 0 Å². The molecule has 5 nitrogen and oxygen atoms in total. The molecule has 0 aliphatic heterocycles. The molecule has 1 heterocycles. The van der Waals surface area contributed by atoms with Gasteiger partial charge in [-0.25, -0.2) is 0 Å². The molecule has 1 aromatic heterocycles. The number of hydrogen-bond acceptors (Lipinski definition) is 5. The number of benzene rings is 1. The molecule has 2 rings (SSSR count). The smallest absolute Gasteiger partial charge is 0.242 e. The summed E-state index contributed by atoms with van der Waals surface area (Å²) < 4.78 is 10.5. The zero-order valence-electron chi connectivity index (χ0n) is 12.9. The molecule has 0 bridgehead atoms. The van der Waals surface area contributed by atoms with Crippen molar-refractivity contribution >= 4 is 22.9 Å². The Labute approximate surface area is 134 Å². The summed E-state index contributed by atoms with van der Waals surface area (Å²) in [7, 11) is 3.18. The molecule has 1 unspecified atom stereocenters. The summed E-state index contributed by atoms with van der Waals surface area (Å²) >= 11 is 1.62. The fourth-order valence-electron chi connectivity index (χ4n) is 1.96. The fourth-order valence-corrected chi connectivity index (χ4v) is 2.60. The van der Waals surface area contributed by atoms with E-state index in [0.717, 1.165) is 10.6 Å². The van der Waals surface area contributed by atoms with E-state index in [-0.39, 0.29) is 11.9 Å². The average molecular weight is 320 g/mol. The molecule has 1 amide bonds. The van der Waals surface area contributed by atoms with E-state index in [9.17, 15) is 4.79 Å². The van der Waals surface area contributed by atoms with Gasteiger partial charge in [0, 0.05) is 10.9 Å². The number of carbonyl (C=O) groups is 1. The second kappa shape index (κ2) is 7.70. The number of carbonyl (C=O) groups excluding carboxylic acids is 1. The zero-order chi connectivity index (χ0) is 15.9. The third kappa shape index (κ3) is 4.14. The lowest BCUT2D eigenvalue weighted by molar-refractivity contribution is -0.121. The Kier molecular flexibility index (Phi) is 5.66. The van der Waals surface area contributed by atoms with Crippen molar-refractivity contribution in [2.75, 3.05) is 19.5 Å². The third-order valence-electron chi connectivity index (χ3n) is 3.19. The van der Waals surface area contributed by atoms with Crippen molar-refractivity contribution in [2.24, 2.45) is 0 Å². The largest absolute Gasteiger partial charge is 0.497 e. The Bertz CT molecular complexity index is 614. The van der Waals surface area contributed by atoms with E-state index in [1.54, 1.807) is 31.6 Å². The van der Waals surface area contributed by atoms with Crippen LogP contribution in [0.5, 0.6) is 11.5 Å². The Morgan fingerprint density at radius 1 is 1.27 bits per heavy atom.